The van der Waals surface area contributed by atoms with Gasteiger partial charge in [0.1, 0.15) is 18.4 Å². The summed E-state index contributed by atoms with van der Waals surface area (Å²) in [6, 6.07) is 6.12. The first-order valence-corrected chi connectivity index (χ1v) is 11.1. The normalized spacial score (nSPS) is 32.3. The van der Waals surface area contributed by atoms with Crippen molar-refractivity contribution in [3.63, 3.8) is 0 Å². The van der Waals surface area contributed by atoms with Crippen molar-refractivity contribution in [1.29, 1.82) is 0 Å². The predicted octanol–water partition coefficient (Wildman–Crippen LogP) is 4.52. The zero-order valence-electron chi connectivity index (χ0n) is 18.4. The third-order valence-corrected chi connectivity index (χ3v) is 7.73. The summed E-state index contributed by atoms with van der Waals surface area (Å²) in [4.78, 5) is 18.0. The first-order valence-electron chi connectivity index (χ1n) is 11.1. The van der Waals surface area contributed by atoms with Crippen LogP contribution in [0.1, 0.15) is 64.9 Å². The number of hydrogen-bond donors (Lipinski definition) is 1. The summed E-state index contributed by atoms with van der Waals surface area (Å²) in [5, 5.41) is 7.78. The predicted molar refractivity (Wildman–Crippen MR) is 115 cm³/mol. The van der Waals surface area contributed by atoms with Gasteiger partial charge < -0.3 is 10.1 Å². The van der Waals surface area contributed by atoms with Gasteiger partial charge in [0.25, 0.3) is 0 Å². The molecule has 4 bridgehead atoms. The van der Waals surface area contributed by atoms with Crippen LogP contribution in [-0.4, -0.2) is 27.8 Å². The van der Waals surface area contributed by atoms with Crippen molar-refractivity contribution < 1.29 is 9.53 Å². The number of methoxy groups -OCH3 is 1. The van der Waals surface area contributed by atoms with E-state index < -0.39 is 0 Å². The molecule has 1 N–H and O–H groups in total. The van der Waals surface area contributed by atoms with E-state index in [1.165, 1.54) is 12.0 Å². The van der Waals surface area contributed by atoms with E-state index in [4.69, 9.17) is 4.74 Å². The van der Waals surface area contributed by atoms with Crippen molar-refractivity contribution in [2.75, 3.05) is 12.4 Å². The number of ether oxygens (including phenoxy) is 1. The van der Waals surface area contributed by atoms with Gasteiger partial charge in [-0.25, -0.2) is 9.67 Å². The Morgan fingerprint density at radius 2 is 1.93 bits per heavy atom. The Morgan fingerprint density at radius 1 is 1.20 bits per heavy atom. The van der Waals surface area contributed by atoms with Gasteiger partial charge >= 0.3 is 0 Å². The number of carbonyl (C=O) groups is 1. The van der Waals surface area contributed by atoms with Crippen LogP contribution in [0.4, 0.5) is 5.69 Å². The molecule has 4 fully saturated rings. The maximum Gasteiger partial charge on any atom is 0.230 e. The minimum Gasteiger partial charge on any atom is -0.495 e. The zero-order valence-corrected chi connectivity index (χ0v) is 18.4. The lowest BCUT2D eigenvalue weighted by molar-refractivity contribution is -0.150. The van der Waals surface area contributed by atoms with Gasteiger partial charge in [-0.2, -0.15) is 5.10 Å². The highest BCUT2D eigenvalue weighted by molar-refractivity contribution is 5.97. The third kappa shape index (κ3) is 3.03. The average molecular weight is 409 g/mol. The van der Waals surface area contributed by atoms with Gasteiger partial charge in [-0.15, -0.1) is 0 Å². The molecule has 160 valence electrons. The zero-order chi connectivity index (χ0) is 21.1. The Bertz CT molecular complexity index is 946. The van der Waals surface area contributed by atoms with Crippen LogP contribution in [0.25, 0.3) is 0 Å². The molecule has 4 aliphatic carbocycles. The van der Waals surface area contributed by atoms with Gasteiger partial charge in [-0.05, 0) is 73.5 Å². The minimum atomic E-state index is -0.335. The molecule has 0 saturated heterocycles. The minimum absolute atomic E-state index is 0.00356. The van der Waals surface area contributed by atoms with E-state index >= 15 is 0 Å². The summed E-state index contributed by atoms with van der Waals surface area (Å²) in [7, 11) is 1.66. The molecule has 1 amide bonds. The second-order valence-corrected chi connectivity index (χ2v) is 10.9. The Hall–Kier alpha value is -2.37. The summed E-state index contributed by atoms with van der Waals surface area (Å²) in [6.07, 6.45) is 9.75. The summed E-state index contributed by atoms with van der Waals surface area (Å²) < 4.78 is 7.62. The van der Waals surface area contributed by atoms with Gasteiger partial charge in [0, 0.05) is 0 Å². The number of nitrogens with zero attached hydrogens (tertiary/aromatic N) is 3. The van der Waals surface area contributed by atoms with Crippen molar-refractivity contribution in [3.05, 3.63) is 36.4 Å². The summed E-state index contributed by atoms with van der Waals surface area (Å²) in [5.74, 6) is 2.03. The van der Waals surface area contributed by atoms with Crippen LogP contribution in [0, 0.1) is 17.3 Å². The summed E-state index contributed by atoms with van der Waals surface area (Å²) in [6.45, 7) is 6.55. The molecule has 0 aliphatic heterocycles. The van der Waals surface area contributed by atoms with E-state index in [2.05, 4.69) is 48.3 Å². The van der Waals surface area contributed by atoms with Gasteiger partial charge in [-0.1, -0.05) is 26.8 Å². The van der Waals surface area contributed by atoms with E-state index in [9.17, 15) is 4.79 Å². The Balaban J connectivity index is 1.47. The molecule has 0 radical (unpaired) electrons. The quantitative estimate of drug-likeness (QED) is 0.808. The van der Waals surface area contributed by atoms with Crippen molar-refractivity contribution in [2.24, 2.45) is 17.3 Å². The van der Waals surface area contributed by atoms with Gasteiger partial charge in [-0.3, -0.25) is 4.79 Å². The van der Waals surface area contributed by atoms with Crippen molar-refractivity contribution in [3.8, 4) is 5.75 Å². The monoisotopic (exact) mass is 408 g/mol. The molecule has 2 atom stereocenters. The molecule has 1 heterocycles. The van der Waals surface area contributed by atoms with E-state index in [1.807, 2.05) is 17.1 Å². The largest absolute Gasteiger partial charge is 0.495 e. The first-order chi connectivity index (χ1) is 14.2. The number of nitrogens with one attached hydrogen (secondary N) is 1. The molecular formula is C24H32N4O2. The smallest absolute Gasteiger partial charge is 0.230 e. The van der Waals surface area contributed by atoms with Crippen LogP contribution in [0.15, 0.2) is 30.9 Å². The number of hydrogen-bond acceptors (Lipinski definition) is 4. The lowest BCUT2D eigenvalue weighted by atomic mass is 9.46. The highest BCUT2D eigenvalue weighted by Gasteiger charge is 2.61. The van der Waals surface area contributed by atoms with E-state index in [0.29, 0.717) is 17.6 Å². The van der Waals surface area contributed by atoms with E-state index in [-0.39, 0.29) is 22.3 Å². The summed E-state index contributed by atoms with van der Waals surface area (Å²) >= 11 is 0. The van der Waals surface area contributed by atoms with Crippen LogP contribution in [0.5, 0.6) is 5.75 Å². The fraction of sp³-hybridized carbons (Fsp3) is 0.625. The molecular weight excluding hydrogens is 376 g/mol. The standard InChI is InChI=1S/C24H32N4O2/c1-22(2,3)18-5-6-20(30-4)19(8-18)27-21(29)23-9-16-7-17(10-23)12-24(11-16,13-23)28-15-25-14-26-28/h5-6,8,14-17H,7,9-13H2,1-4H3,(H,27,29). The molecule has 1 aromatic heterocycles. The highest BCUT2D eigenvalue weighted by Crippen LogP contribution is 2.64. The highest BCUT2D eigenvalue weighted by atomic mass is 16.5. The molecule has 4 aliphatic rings. The Labute approximate surface area is 178 Å². The molecule has 2 aromatic rings. The molecule has 1 aromatic carbocycles. The van der Waals surface area contributed by atoms with Crippen LogP contribution in [0.2, 0.25) is 0 Å². The van der Waals surface area contributed by atoms with Crippen molar-refractivity contribution in [2.45, 2.75) is 70.3 Å². The SMILES string of the molecule is COc1ccc(C(C)(C)C)cc1NC(=O)C12CC3CC(C1)CC(n1cncn1)(C3)C2. The van der Waals surface area contributed by atoms with E-state index in [1.54, 1.807) is 13.4 Å². The second-order valence-electron chi connectivity index (χ2n) is 10.9. The van der Waals surface area contributed by atoms with Crippen LogP contribution in [0.3, 0.4) is 0 Å². The van der Waals surface area contributed by atoms with Crippen LogP contribution in [-0.2, 0) is 15.7 Å². The maximum absolute atomic E-state index is 13.8. The molecule has 6 rings (SSSR count). The molecule has 6 heteroatoms. The average Bonchev–Trinajstić information content (AvgIpc) is 3.22. The number of rotatable bonds is 4. The maximum atomic E-state index is 13.8. The lowest BCUT2D eigenvalue weighted by Gasteiger charge is -2.60. The van der Waals surface area contributed by atoms with Gasteiger partial charge in [0.2, 0.25) is 5.91 Å². The second kappa shape index (κ2) is 6.56. The van der Waals surface area contributed by atoms with Crippen LogP contribution < -0.4 is 10.1 Å². The van der Waals surface area contributed by atoms with E-state index in [0.717, 1.165) is 37.8 Å². The third-order valence-electron chi connectivity index (χ3n) is 7.73. The van der Waals surface area contributed by atoms with Gasteiger partial charge in [0.05, 0.1) is 23.8 Å². The Kier molecular flexibility index (Phi) is 4.28. The molecule has 6 nitrogen and oxygen atoms in total. The molecule has 30 heavy (non-hydrogen) atoms. The lowest BCUT2D eigenvalue weighted by Crippen LogP contribution is -2.60. The first kappa shape index (κ1) is 19.6. The fourth-order valence-corrected chi connectivity index (χ4v) is 6.73. The Morgan fingerprint density at radius 3 is 2.53 bits per heavy atom. The molecule has 0 spiro atoms. The van der Waals surface area contributed by atoms with Crippen molar-refractivity contribution >= 4 is 11.6 Å². The number of benzene rings is 1. The van der Waals surface area contributed by atoms with Gasteiger partial charge in [0.15, 0.2) is 0 Å². The number of amides is 1. The fourth-order valence-electron chi connectivity index (χ4n) is 6.73. The topological polar surface area (TPSA) is 69.0 Å². The molecule has 4 saturated carbocycles. The number of aromatic nitrogens is 3. The number of anilines is 1. The van der Waals surface area contributed by atoms with Crippen LogP contribution >= 0.6 is 0 Å². The molecule has 2 unspecified atom stereocenters. The summed E-state index contributed by atoms with van der Waals surface area (Å²) in [5.41, 5.74) is 1.57. The van der Waals surface area contributed by atoms with Crippen molar-refractivity contribution in [1.82, 2.24) is 14.8 Å². The number of carbonyl (C=O) groups excluding carboxylic acids is 1.